The van der Waals surface area contributed by atoms with Crippen LogP contribution in [0.3, 0.4) is 0 Å². The zero-order chi connectivity index (χ0) is 22.8. The number of fused-ring (bicyclic) bond motifs is 4. The number of hydrogen-bond acceptors (Lipinski definition) is 4. The zero-order valence-electron chi connectivity index (χ0n) is 18.7. The standard InChI is InChI=1S/C24H29NO.C2H2O4/c1-16-6-5-9-23-21(16)13-10-17-7-3-4-8-22(17)24(23)26-20-14-18-11-12-19(15-20)25(18)2;3-1(4)2(5)6/h3-9,18-20,24H,10-15H2,1-2H3;(H,3,4)(H,5,6)/t18-,19+,20?,24?;. The van der Waals surface area contributed by atoms with E-state index < -0.39 is 11.9 Å². The summed E-state index contributed by atoms with van der Waals surface area (Å²) in [5.41, 5.74) is 7.17. The molecular weight excluding hydrogens is 406 g/mol. The summed E-state index contributed by atoms with van der Waals surface area (Å²) in [6, 6.07) is 17.1. The number of aliphatic carboxylic acids is 2. The molecule has 2 aromatic rings. The highest BCUT2D eigenvalue weighted by molar-refractivity contribution is 6.27. The van der Waals surface area contributed by atoms with E-state index >= 15 is 0 Å². The van der Waals surface area contributed by atoms with Crippen LogP contribution in [-0.2, 0) is 27.2 Å². The molecule has 0 spiro atoms. The minimum atomic E-state index is -1.82. The van der Waals surface area contributed by atoms with Crippen molar-refractivity contribution in [3.8, 4) is 0 Å². The minimum Gasteiger partial charge on any atom is -0.473 e. The summed E-state index contributed by atoms with van der Waals surface area (Å²) in [4.78, 5) is 20.8. The van der Waals surface area contributed by atoms with Gasteiger partial charge in [-0.3, -0.25) is 0 Å². The first kappa shape index (κ1) is 22.5. The lowest BCUT2D eigenvalue weighted by Gasteiger charge is -2.38. The molecule has 2 aliphatic heterocycles. The highest BCUT2D eigenvalue weighted by atomic mass is 16.5. The van der Waals surface area contributed by atoms with Crippen LogP contribution >= 0.6 is 0 Å². The van der Waals surface area contributed by atoms with E-state index in [9.17, 15) is 0 Å². The van der Waals surface area contributed by atoms with Crippen molar-refractivity contribution < 1.29 is 24.5 Å². The zero-order valence-corrected chi connectivity index (χ0v) is 18.7. The van der Waals surface area contributed by atoms with E-state index in [1.165, 1.54) is 53.5 Å². The van der Waals surface area contributed by atoms with Gasteiger partial charge >= 0.3 is 11.9 Å². The Kier molecular flexibility index (Phi) is 6.63. The van der Waals surface area contributed by atoms with Crippen molar-refractivity contribution >= 4 is 11.9 Å². The van der Waals surface area contributed by atoms with E-state index in [-0.39, 0.29) is 6.10 Å². The van der Waals surface area contributed by atoms with Crippen molar-refractivity contribution in [2.45, 2.75) is 69.7 Å². The number of hydrogen-bond donors (Lipinski definition) is 2. The van der Waals surface area contributed by atoms with E-state index in [2.05, 4.69) is 61.3 Å². The number of benzene rings is 2. The van der Waals surface area contributed by atoms with Crippen LogP contribution < -0.4 is 0 Å². The summed E-state index contributed by atoms with van der Waals surface area (Å²) < 4.78 is 6.92. The Bertz CT molecular complexity index is 977. The van der Waals surface area contributed by atoms with Crippen molar-refractivity contribution in [2.75, 3.05) is 7.05 Å². The van der Waals surface area contributed by atoms with E-state index in [4.69, 9.17) is 24.5 Å². The Balaban J connectivity index is 0.000000363. The van der Waals surface area contributed by atoms with Crippen LogP contribution in [0.4, 0.5) is 0 Å². The molecule has 0 radical (unpaired) electrons. The SMILES string of the molecule is Cc1cccc2c1CCc1ccccc1C2OC1C[C@H]2CC[C@@H](C1)N2C.O=C(O)C(=O)O. The maximum absolute atomic E-state index is 9.10. The smallest absolute Gasteiger partial charge is 0.414 e. The predicted molar refractivity (Wildman–Crippen MR) is 121 cm³/mol. The van der Waals surface area contributed by atoms with Crippen LogP contribution in [0.15, 0.2) is 42.5 Å². The van der Waals surface area contributed by atoms with Gasteiger partial charge in [0.2, 0.25) is 0 Å². The Morgan fingerprint density at radius 1 is 0.906 bits per heavy atom. The molecule has 1 aliphatic carbocycles. The number of rotatable bonds is 2. The fourth-order valence-electron chi connectivity index (χ4n) is 5.57. The van der Waals surface area contributed by atoms with Gasteiger partial charge in [0, 0.05) is 12.1 Å². The van der Waals surface area contributed by atoms with Gasteiger partial charge in [-0.15, -0.1) is 0 Å². The molecule has 3 aliphatic rings. The molecule has 0 aromatic heterocycles. The monoisotopic (exact) mass is 437 g/mol. The molecule has 2 aromatic carbocycles. The summed E-state index contributed by atoms with van der Waals surface area (Å²) >= 11 is 0. The Labute approximate surface area is 188 Å². The van der Waals surface area contributed by atoms with Gasteiger partial charge < -0.3 is 19.8 Å². The molecule has 2 fully saturated rings. The van der Waals surface area contributed by atoms with E-state index in [1.807, 2.05) is 0 Å². The fourth-order valence-corrected chi connectivity index (χ4v) is 5.57. The van der Waals surface area contributed by atoms with E-state index in [0.29, 0.717) is 6.10 Å². The highest BCUT2D eigenvalue weighted by Crippen LogP contribution is 2.41. The largest absolute Gasteiger partial charge is 0.473 e. The van der Waals surface area contributed by atoms with Gasteiger partial charge in [0.25, 0.3) is 0 Å². The number of carboxylic acids is 2. The van der Waals surface area contributed by atoms with Crippen LogP contribution in [0.1, 0.15) is 59.6 Å². The molecule has 6 nitrogen and oxygen atoms in total. The summed E-state index contributed by atoms with van der Waals surface area (Å²) in [6.07, 6.45) is 7.78. The summed E-state index contributed by atoms with van der Waals surface area (Å²) in [5, 5.41) is 14.8. The first-order chi connectivity index (χ1) is 15.3. The third-order valence-corrected chi connectivity index (χ3v) is 7.28. The van der Waals surface area contributed by atoms with Crippen molar-refractivity contribution in [1.82, 2.24) is 4.90 Å². The first-order valence-corrected chi connectivity index (χ1v) is 11.3. The first-order valence-electron chi connectivity index (χ1n) is 11.3. The van der Waals surface area contributed by atoms with Crippen LogP contribution in [0.5, 0.6) is 0 Å². The van der Waals surface area contributed by atoms with Crippen LogP contribution in [0.2, 0.25) is 0 Å². The topological polar surface area (TPSA) is 87.1 Å². The molecule has 0 amide bonds. The summed E-state index contributed by atoms with van der Waals surface area (Å²) in [6.45, 7) is 2.25. The van der Waals surface area contributed by atoms with Gasteiger partial charge in [-0.25, -0.2) is 9.59 Å². The normalized spacial score (nSPS) is 26.2. The average Bonchev–Trinajstić information content (AvgIpc) is 2.94. The number of carbonyl (C=O) groups is 2. The second-order valence-corrected chi connectivity index (χ2v) is 9.11. The number of piperidine rings is 1. The molecule has 32 heavy (non-hydrogen) atoms. The van der Waals surface area contributed by atoms with Crippen molar-refractivity contribution in [3.63, 3.8) is 0 Å². The third-order valence-electron chi connectivity index (χ3n) is 7.28. The maximum Gasteiger partial charge on any atom is 0.414 e. The molecule has 2 unspecified atom stereocenters. The van der Waals surface area contributed by atoms with Crippen molar-refractivity contribution in [2.24, 2.45) is 0 Å². The average molecular weight is 438 g/mol. The van der Waals surface area contributed by atoms with Gasteiger partial charge in [-0.2, -0.15) is 0 Å². The van der Waals surface area contributed by atoms with Crippen LogP contribution in [0.25, 0.3) is 0 Å². The van der Waals surface area contributed by atoms with Gasteiger partial charge in [-0.1, -0.05) is 42.5 Å². The molecular formula is C26H31NO5. The van der Waals surface area contributed by atoms with Crippen molar-refractivity contribution in [1.29, 1.82) is 0 Å². The number of carboxylic acid groups (broad SMARTS) is 2. The number of nitrogens with zero attached hydrogens (tertiary/aromatic N) is 1. The van der Waals surface area contributed by atoms with E-state index in [0.717, 1.165) is 24.9 Å². The minimum absolute atomic E-state index is 0.0939. The van der Waals surface area contributed by atoms with E-state index in [1.54, 1.807) is 0 Å². The predicted octanol–water partition coefficient (Wildman–Crippen LogP) is 3.98. The quantitative estimate of drug-likeness (QED) is 0.691. The van der Waals surface area contributed by atoms with Crippen molar-refractivity contribution in [3.05, 3.63) is 70.3 Å². The fraction of sp³-hybridized carbons (Fsp3) is 0.462. The van der Waals surface area contributed by atoms with Gasteiger partial charge in [0.15, 0.2) is 0 Å². The lowest BCUT2D eigenvalue weighted by molar-refractivity contribution is -0.159. The molecule has 4 atom stereocenters. The molecule has 0 saturated carbocycles. The van der Waals surface area contributed by atoms with Gasteiger partial charge in [0.1, 0.15) is 6.10 Å². The maximum atomic E-state index is 9.10. The molecule has 6 heteroatoms. The highest BCUT2D eigenvalue weighted by Gasteiger charge is 2.40. The number of ether oxygens (including phenoxy) is 1. The Hall–Kier alpha value is -2.70. The molecule has 5 rings (SSSR count). The molecule has 170 valence electrons. The third kappa shape index (κ3) is 4.57. The second kappa shape index (κ2) is 9.43. The molecule has 2 N–H and O–H groups in total. The lowest BCUT2D eigenvalue weighted by atomic mass is 9.93. The van der Waals surface area contributed by atoms with Crippen LogP contribution in [0, 0.1) is 6.92 Å². The lowest BCUT2D eigenvalue weighted by Crippen LogP contribution is -2.43. The molecule has 2 bridgehead atoms. The summed E-state index contributed by atoms with van der Waals surface area (Å²) in [7, 11) is 2.30. The summed E-state index contributed by atoms with van der Waals surface area (Å²) in [5.74, 6) is -3.65. The molecule has 2 saturated heterocycles. The van der Waals surface area contributed by atoms with Gasteiger partial charge in [0.05, 0.1) is 6.10 Å². The molecule has 2 heterocycles. The van der Waals surface area contributed by atoms with Crippen LogP contribution in [-0.4, -0.2) is 52.3 Å². The second-order valence-electron chi connectivity index (χ2n) is 9.11. The Morgan fingerprint density at radius 3 is 2.19 bits per heavy atom. The van der Waals surface area contributed by atoms with Gasteiger partial charge in [-0.05, 0) is 80.3 Å². The Morgan fingerprint density at radius 2 is 1.53 bits per heavy atom. The number of aryl methyl sites for hydroxylation is 2.